The Hall–Kier alpha value is -2.80. The summed E-state index contributed by atoms with van der Waals surface area (Å²) in [6.07, 6.45) is -1.21. The predicted molar refractivity (Wildman–Crippen MR) is 116 cm³/mol. The largest absolute Gasteiger partial charge is 0.573 e. The van der Waals surface area contributed by atoms with E-state index < -0.39 is 22.9 Å². The number of rotatable bonds is 4. The monoisotopic (exact) mass is 459 g/mol. The number of halogens is 3. The molecule has 1 aliphatic heterocycles. The maximum absolute atomic E-state index is 13.1. The van der Waals surface area contributed by atoms with Gasteiger partial charge >= 0.3 is 6.36 Å². The molecule has 1 aliphatic carbocycles. The molecule has 0 saturated heterocycles. The maximum atomic E-state index is 13.1. The quantitative estimate of drug-likeness (QED) is 0.296. The molecule has 1 heterocycles. The lowest BCUT2D eigenvalue weighted by Gasteiger charge is -2.27. The first-order chi connectivity index (χ1) is 15.3. The molecule has 7 heteroatoms. The van der Waals surface area contributed by atoms with E-state index in [-0.39, 0.29) is 11.5 Å². The summed E-state index contributed by atoms with van der Waals surface area (Å²) in [6.45, 7) is 1.95. The second-order valence-electron chi connectivity index (χ2n) is 8.22. The summed E-state index contributed by atoms with van der Waals surface area (Å²) in [5.74, 6) is 1.30. The lowest BCUT2D eigenvalue weighted by molar-refractivity contribution is -0.275. The average molecular weight is 460 g/mol. The molecule has 1 saturated carbocycles. The van der Waals surface area contributed by atoms with Gasteiger partial charge in [0.25, 0.3) is 0 Å². The summed E-state index contributed by atoms with van der Waals surface area (Å²) in [4.78, 5) is 2.81. The summed E-state index contributed by atoms with van der Waals surface area (Å²) in [6, 6.07) is 20.2. The van der Waals surface area contributed by atoms with Gasteiger partial charge in [-0.25, -0.2) is 0 Å². The summed E-state index contributed by atoms with van der Waals surface area (Å²) >= 11 is 0. The molecule has 166 valence electrons. The molecular weight excluding hydrogens is 437 g/mol. The van der Waals surface area contributed by atoms with Crippen LogP contribution in [0.2, 0.25) is 0 Å². The standard InChI is InChI=1S/C25H22F3O3S/c1-24(14-6-7-15-24)30-21-16-17(12-13-18(21)31-25(26,27)28)32-22-10-4-2-8-19(22)29-20-9-3-5-11-23(20)32/h2-5,8-13,16H,6-7,14-15H2,1H3/q+1. The minimum absolute atomic E-state index is 0.123. The molecule has 3 aromatic rings. The Bertz CT molecular complexity index is 1090. The van der Waals surface area contributed by atoms with Crippen molar-refractivity contribution in [1.29, 1.82) is 0 Å². The van der Waals surface area contributed by atoms with Crippen LogP contribution in [0.4, 0.5) is 13.2 Å². The maximum Gasteiger partial charge on any atom is 0.573 e. The molecule has 0 atom stereocenters. The van der Waals surface area contributed by atoms with Crippen molar-refractivity contribution in [2.24, 2.45) is 0 Å². The Morgan fingerprint density at radius 1 is 0.844 bits per heavy atom. The molecule has 3 nitrogen and oxygen atoms in total. The smallest absolute Gasteiger partial charge is 0.483 e. The SMILES string of the molecule is CC1(Oc2cc([S+]3c4ccccc4Oc4ccccc43)ccc2OC(F)(F)F)CCCC1. The number of alkyl halides is 3. The first kappa shape index (κ1) is 21.1. The molecule has 32 heavy (non-hydrogen) atoms. The average Bonchev–Trinajstić information content (AvgIpc) is 3.18. The van der Waals surface area contributed by atoms with E-state index in [1.807, 2.05) is 55.5 Å². The summed E-state index contributed by atoms with van der Waals surface area (Å²) < 4.78 is 55.9. The highest BCUT2D eigenvalue weighted by atomic mass is 32.2. The van der Waals surface area contributed by atoms with Crippen molar-refractivity contribution in [3.8, 4) is 23.0 Å². The Morgan fingerprint density at radius 2 is 1.44 bits per heavy atom. The van der Waals surface area contributed by atoms with Gasteiger partial charge in [-0.3, -0.25) is 0 Å². The number of ether oxygens (including phenoxy) is 3. The van der Waals surface area contributed by atoms with Gasteiger partial charge in [0.05, 0.1) is 0 Å². The summed E-state index contributed by atoms with van der Waals surface area (Å²) in [5, 5.41) is 0. The Morgan fingerprint density at radius 3 is 2.03 bits per heavy atom. The van der Waals surface area contributed by atoms with Crippen LogP contribution < -0.4 is 14.2 Å². The molecular formula is C25H22F3O3S+. The molecule has 0 N–H and O–H groups in total. The lowest BCUT2D eigenvalue weighted by Crippen LogP contribution is -2.29. The van der Waals surface area contributed by atoms with Crippen molar-refractivity contribution in [2.45, 2.75) is 59.3 Å². The predicted octanol–water partition coefficient (Wildman–Crippen LogP) is 7.50. The van der Waals surface area contributed by atoms with Crippen LogP contribution in [0.15, 0.2) is 81.4 Å². The zero-order valence-corrected chi connectivity index (χ0v) is 18.3. The highest BCUT2D eigenvalue weighted by Gasteiger charge is 2.41. The van der Waals surface area contributed by atoms with E-state index >= 15 is 0 Å². The van der Waals surface area contributed by atoms with Crippen molar-refractivity contribution in [3.05, 3.63) is 66.7 Å². The molecule has 5 rings (SSSR count). The Balaban J connectivity index is 1.62. The zero-order valence-electron chi connectivity index (χ0n) is 17.4. The van der Waals surface area contributed by atoms with Crippen molar-refractivity contribution in [1.82, 2.24) is 0 Å². The molecule has 2 aliphatic rings. The summed E-state index contributed by atoms with van der Waals surface area (Å²) in [5.41, 5.74) is -0.503. The number of hydrogen-bond donors (Lipinski definition) is 0. The van der Waals surface area contributed by atoms with Gasteiger partial charge in [-0.05, 0) is 69.0 Å². The fourth-order valence-electron chi connectivity index (χ4n) is 4.29. The third kappa shape index (κ3) is 4.13. The fourth-order valence-corrected chi connectivity index (χ4v) is 6.52. The van der Waals surface area contributed by atoms with Crippen LogP contribution in [0.3, 0.4) is 0 Å². The van der Waals surface area contributed by atoms with E-state index in [0.717, 1.165) is 51.9 Å². The van der Waals surface area contributed by atoms with Crippen LogP contribution in [0.25, 0.3) is 0 Å². The van der Waals surface area contributed by atoms with E-state index in [0.29, 0.717) is 0 Å². The van der Waals surface area contributed by atoms with Crippen LogP contribution in [0.5, 0.6) is 23.0 Å². The normalized spacial score (nSPS) is 17.2. The van der Waals surface area contributed by atoms with E-state index in [9.17, 15) is 13.2 Å². The number of benzene rings is 3. The summed E-state index contributed by atoms with van der Waals surface area (Å²) in [7, 11) is -0.558. The molecule has 0 radical (unpaired) electrons. The molecule has 1 fully saturated rings. The van der Waals surface area contributed by atoms with Gasteiger partial charge in [0.1, 0.15) is 16.5 Å². The molecule has 3 aromatic carbocycles. The minimum Gasteiger partial charge on any atom is -0.483 e. The fraction of sp³-hybridized carbons (Fsp3) is 0.280. The number of para-hydroxylation sites is 2. The van der Waals surface area contributed by atoms with Gasteiger partial charge in [0, 0.05) is 6.07 Å². The van der Waals surface area contributed by atoms with Crippen LogP contribution in [-0.2, 0) is 10.9 Å². The molecule has 0 spiro atoms. The third-order valence-electron chi connectivity index (χ3n) is 5.75. The first-order valence-electron chi connectivity index (χ1n) is 10.5. The Kier molecular flexibility index (Phi) is 5.24. The van der Waals surface area contributed by atoms with Crippen LogP contribution >= 0.6 is 0 Å². The molecule has 0 bridgehead atoms. The second kappa shape index (κ2) is 7.96. The van der Waals surface area contributed by atoms with E-state index in [1.165, 1.54) is 6.07 Å². The second-order valence-corrected chi connectivity index (χ2v) is 10.2. The minimum atomic E-state index is -4.80. The van der Waals surface area contributed by atoms with Gasteiger partial charge in [0.15, 0.2) is 27.9 Å². The van der Waals surface area contributed by atoms with Crippen molar-refractivity contribution in [3.63, 3.8) is 0 Å². The molecule has 0 unspecified atom stereocenters. The molecule has 0 amide bonds. The third-order valence-corrected chi connectivity index (χ3v) is 8.03. The zero-order chi connectivity index (χ0) is 22.3. The van der Waals surface area contributed by atoms with E-state index in [1.54, 1.807) is 12.1 Å². The van der Waals surface area contributed by atoms with E-state index in [2.05, 4.69) is 4.74 Å². The lowest BCUT2D eigenvalue weighted by atomic mass is 10.1. The van der Waals surface area contributed by atoms with Gasteiger partial charge in [0.2, 0.25) is 9.79 Å². The number of fused-ring (bicyclic) bond motifs is 2. The van der Waals surface area contributed by atoms with Crippen molar-refractivity contribution in [2.75, 3.05) is 0 Å². The first-order valence-corrected chi connectivity index (χ1v) is 11.7. The van der Waals surface area contributed by atoms with Crippen molar-refractivity contribution < 1.29 is 27.4 Å². The van der Waals surface area contributed by atoms with E-state index in [4.69, 9.17) is 9.47 Å². The highest BCUT2D eigenvalue weighted by Crippen LogP contribution is 2.49. The van der Waals surface area contributed by atoms with Gasteiger partial charge in [-0.1, -0.05) is 24.3 Å². The Labute approximate surface area is 187 Å². The van der Waals surface area contributed by atoms with Crippen LogP contribution in [0, 0.1) is 0 Å². The topological polar surface area (TPSA) is 27.7 Å². The number of hydrogen-bond acceptors (Lipinski definition) is 3. The van der Waals surface area contributed by atoms with Gasteiger partial charge in [-0.2, -0.15) is 0 Å². The molecule has 0 aromatic heterocycles. The van der Waals surface area contributed by atoms with Crippen molar-refractivity contribution >= 4 is 10.9 Å². The van der Waals surface area contributed by atoms with Gasteiger partial charge in [-0.15, -0.1) is 13.2 Å². The van der Waals surface area contributed by atoms with Gasteiger partial charge < -0.3 is 14.2 Å². The highest BCUT2D eigenvalue weighted by molar-refractivity contribution is 7.97. The van der Waals surface area contributed by atoms with Crippen LogP contribution in [0.1, 0.15) is 32.6 Å². The van der Waals surface area contributed by atoms with Crippen LogP contribution in [-0.4, -0.2) is 12.0 Å².